The number of hydrogen-bond acceptors (Lipinski definition) is 2. The lowest BCUT2D eigenvalue weighted by molar-refractivity contribution is -0.140. The number of carboxylic acids is 1. The zero-order valence-electron chi connectivity index (χ0n) is 11.7. The van der Waals surface area contributed by atoms with Crippen molar-refractivity contribution in [2.45, 2.75) is 26.8 Å². The molecule has 108 valence electrons. The first-order valence-corrected chi connectivity index (χ1v) is 6.54. The number of carbonyl (C=O) groups is 2. The maximum atomic E-state index is 13.6. The Kier molecular flexibility index (Phi) is 3.54. The Morgan fingerprint density at radius 1 is 1.30 bits per heavy atom. The molecule has 5 heteroatoms. The lowest BCUT2D eigenvalue weighted by atomic mass is 10.1. The second-order valence-electron chi connectivity index (χ2n) is 5.87. The van der Waals surface area contributed by atoms with Gasteiger partial charge in [-0.1, -0.05) is 32.0 Å². The van der Waals surface area contributed by atoms with Crippen LogP contribution in [-0.2, 0) is 9.59 Å². The Bertz CT molecular complexity index is 556. The number of carboxylic acid groups (broad SMARTS) is 1. The van der Waals surface area contributed by atoms with Gasteiger partial charge in [-0.25, -0.2) is 4.39 Å². The molecule has 1 aliphatic carbocycles. The van der Waals surface area contributed by atoms with Gasteiger partial charge in [-0.2, -0.15) is 0 Å². The molecule has 3 atom stereocenters. The number of rotatable bonds is 4. The van der Waals surface area contributed by atoms with Crippen LogP contribution in [0.3, 0.4) is 0 Å². The zero-order chi connectivity index (χ0) is 15.1. The summed E-state index contributed by atoms with van der Waals surface area (Å²) in [6.07, 6.45) is 0. The lowest BCUT2D eigenvalue weighted by Gasteiger charge is -2.15. The van der Waals surface area contributed by atoms with Crippen LogP contribution in [-0.4, -0.2) is 17.0 Å². The van der Waals surface area contributed by atoms with Gasteiger partial charge in [-0.15, -0.1) is 0 Å². The average Bonchev–Trinajstić information content (AvgIpc) is 2.93. The first kappa shape index (κ1) is 14.5. The number of benzene rings is 1. The summed E-state index contributed by atoms with van der Waals surface area (Å²) in [5.41, 5.74) is -0.156. The Balaban J connectivity index is 2.07. The van der Waals surface area contributed by atoms with Crippen LogP contribution in [0, 0.1) is 23.1 Å². The third-order valence-corrected chi connectivity index (χ3v) is 4.11. The van der Waals surface area contributed by atoms with Crippen molar-refractivity contribution in [2.75, 3.05) is 0 Å². The minimum absolute atomic E-state index is 0.335. The van der Waals surface area contributed by atoms with Crippen LogP contribution in [0.25, 0.3) is 0 Å². The van der Waals surface area contributed by atoms with Crippen LogP contribution in [0.5, 0.6) is 0 Å². The summed E-state index contributed by atoms with van der Waals surface area (Å²) in [6, 6.07) is 5.72. The van der Waals surface area contributed by atoms with Gasteiger partial charge >= 0.3 is 5.97 Å². The van der Waals surface area contributed by atoms with Crippen molar-refractivity contribution in [1.29, 1.82) is 0 Å². The van der Waals surface area contributed by atoms with Gasteiger partial charge in [0.1, 0.15) is 5.82 Å². The molecular formula is C15H18FNO3. The number of carbonyl (C=O) groups excluding carboxylic acids is 1. The van der Waals surface area contributed by atoms with E-state index in [-0.39, 0.29) is 11.7 Å². The third-order valence-electron chi connectivity index (χ3n) is 4.11. The summed E-state index contributed by atoms with van der Waals surface area (Å²) < 4.78 is 13.6. The summed E-state index contributed by atoms with van der Waals surface area (Å²) in [5.74, 6) is -2.92. The van der Waals surface area contributed by atoms with Crippen LogP contribution >= 0.6 is 0 Å². The molecule has 2 N–H and O–H groups in total. The fourth-order valence-corrected chi connectivity index (χ4v) is 2.80. The first-order chi connectivity index (χ1) is 9.26. The van der Waals surface area contributed by atoms with Crippen molar-refractivity contribution in [3.05, 3.63) is 35.6 Å². The van der Waals surface area contributed by atoms with Crippen LogP contribution in [0.1, 0.15) is 32.4 Å². The quantitative estimate of drug-likeness (QED) is 0.889. The fraction of sp³-hybridized carbons (Fsp3) is 0.467. The van der Waals surface area contributed by atoms with Crippen LogP contribution in [0.15, 0.2) is 24.3 Å². The molecule has 0 spiro atoms. The van der Waals surface area contributed by atoms with E-state index < -0.39 is 29.3 Å². The second-order valence-corrected chi connectivity index (χ2v) is 5.87. The predicted octanol–water partition coefficient (Wildman–Crippen LogP) is 2.36. The second kappa shape index (κ2) is 4.89. The summed E-state index contributed by atoms with van der Waals surface area (Å²) in [6.45, 7) is 5.19. The number of hydrogen-bond donors (Lipinski definition) is 2. The van der Waals surface area contributed by atoms with E-state index in [1.165, 1.54) is 6.07 Å². The minimum Gasteiger partial charge on any atom is -0.481 e. The van der Waals surface area contributed by atoms with Gasteiger partial charge in [0.05, 0.1) is 17.9 Å². The molecule has 0 aromatic heterocycles. The fourth-order valence-electron chi connectivity index (χ4n) is 2.80. The van der Waals surface area contributed by atoms with Gasteiger partial charge in [0.15, 0.2) is 0 Å². The van der Waals surface area contributed by atoms with Crippen molar-refractivity contribution in [3.8, 4) is 0 Å². The van der Waals surface area contributed by atoms with Gasteiger partial charge in [0.25, 0.3) is 0 Å². The van der Waals surface area contributed by atoms with Crippen molar-refractivity contribution in [3.63, 3.8) is 0 Å². The zero-order valence-corrected chi connectivity index (χ0v) is 11.7. The van der Waals surface area contributed by atoms with Crippen LogP contribution in [0.4, 0.5) is 4.39 Å². The molecule has 1 aromatic carbocycles. The maximum absolute atomic E-state index is 13.6. The highest BCUT2D eigenvalue weighted by Gasteiger charge is 2.65. The van der Waals surface area contributed by atoms with E-state index in [0.717, 1.165) is 0 Å². The standard InChI is InChI=1S/C15H18FNO3/c1-8(9-6-4-5-7-10(9)16)17-13(18)11-12(14(19)20)15(11,2)3/h4-8,11-12H,1-3H3,(H,17,18)(H,19,20)/t8-,11?,12?/m1/s1. The molecule has 1 amide bonds. The van der Waals surface area contributed by atoms with Gasteiger partial charge < -0.3 is 10.4 Å². The van der Waals surface area contributed by atoms with Crippen molar-refractivity contribution >= 4 is 11.9 Å². The predicted molar refractivity (Wildman–Crippen MR) is 71.4 cm³/mol. The number of halogens is 1. The van der Waals surface area contributed by atoms with Gasteiger partial charge in [-0.05, 0) is 18.4 Å². The molecule has 1 fully saturated rings. The van der Waals surface area contributed by atoms with E-state index in [1.54, 1.807) is 39.0 Å². The Labute approximate surface area is 117 Å². The molecule has 4 nitrogen and oxygen atoms in total. The average molecular weight is 279 g/mol. The molecule has 1 aromatic rings. The summed E-state index contributed by atoms with van der Waals surface area (Å²) in [5, 5.41) is 11.8. The monoisotopic (exact) mass is 279 g/mol. The highest BCUT2D eigenvalue weighted by molar-refractivity contribution is 5.91. The molecule has 0 aliphatic heterocycles. The molecule has 2 rings (SSSR count). The molecule has 1 aliphatic rings. The van der Waals surface area contributed by atoms with E-state index in [1.807, 2.05) is 0 Å². The largest absolute Gasteiger partial charge is 0.481 e. The smallest absolute Gasteiger partial charge is 0.307 e. The van der Waals surface area contributed by atoms with Gasteiger partial charge in [0.2, 0.25) is 5.91 Å². The highest BCUT2D eigenvalue weighted by atomic mass is 19.1. The molecule has 1 saturated carbocycles. The van der Waals surface area contributed by atoms with Crippen LogP contribution < -0.4 is 5.32 Å². The number of amides is 1. The van der Waals surface area contributed by atoms with E-state index in [2.05, 4.69) is 5.32 Å². The van der Waals surface area contributed by atoms with Gasteiger partial charge in [-0.3, -0.25) is 9.59 Å². The summed E-state index contributed by atoms with van der Waals surface area (Å²) in [7, 11) is 0. The first-order valence-electron chi connectivity index (χ1n) is 6.54. The Morgan fingerprint density at radius 3 is 2.40 bits per heavy atom. The van der Waals surface area contributed by atoms with E-state index in [9.17, 15) is 14.0 Å². The van der Waals surface area contributed by atoms with Crippen molar-refractivity contribution in [2.24, 2.45) is 17.3 Å². The van der Waals surface area contributed by atoms with E-state index in [4.69, 9.17) is 5.11 Å². The molecule has 0 bridgehead atoms. The Hall–Kier alpha value is -1.91. The normalized spacial score (nSPS) is 24.8. The number of aliphatic carboxylic acids is 1. The molecular weight excluding hydrogens is 261 g/mol. The summed E-state index contributed by atoms with van der Waals surface area (Å²) in [4.78, 5) is 23.2. The van der Waals surface area contributed by atoms with E-state index >= 15 is 0 Å². The third kappa shape index (κ3) is 2.40. The Morgan fingerprint density at radius 2 is 1.90 bits per heavy atom. The van der Waals surface area contributed by atoms with Crippen molar-refractivity contribution < 1.29 is 19.1 Å². The van der Waals surface area contributed by atoms with Crippen molar-refractivity contribution in [1.82, 2.24) is 5.32 Å². The molecule has 0 saturated heterocycles. The van der Waals surface area contributed by atoms with E-state index in [0.29, 0.717) is 5.56 Å². The molecule has 20 heavy (non-hydrogen) atoms. The molecule has 0 heterocycles. The summed E-state index contributed by atoms with van der Waals surface area (Å²) >= 11 is 0. The topological polar surface area (TPSA) is 66.4 Å². The van der Waals surface area contributed by atoms with Crippen LogP contribution in [0.2, 0.25) is 0 Å². The maximum Gasteiger partial charge on any atom is 0.307 e. The molecule has 0 radical (unpaired) electrons. The highest BCUT2D eigenvalue weighted by Crippen LogP contribution is 2.58. The van der Waals surface area contributed by atoms with Gasteiger partial charge in [0, 0.05) is 5.56 Å². The lowest BCUT2D eigenvalue weighted by Crippen LogP contribution is -2.30. The SMILES string of the molecule is C[C@@H](NC(=O)C1C(C(=O)O)C1(C)C)c1ccccc1F. The minimum atomic E-state index is -0.964. The molecule has 2 unspecified atom stereocenters. The number of nitrogens with one attached hydrogen (secondary N) is 1.